The number of amides is 1. The van der Waals surface area contributed by atoms with Gasteiger partial charge in [-0.25, -0.2) is 0 Å². The predicted octanol–water partition coefficient (Wildman–Crippen LogP) is 3.36. The molecule has 1 saturated heterocycles. The van der Waals surface area contributed by atoms with Crippen LogP contribution in [-0.2, 0) is 9.53 Å². The molecule has 0 aliphatic carbocycles. The van der Waals surface area contributed by atoms with E-state index in [1.807, 2.05) is 0 Å². The first-order valence-corrected chi connectivity index (χ1v) is 9.70. The summed E-state index contributed by atoms with van der Waals surface area (Å²) in [5.41, 5.74) is -0.957. The van der Waals surface area contributed by atoms with Gasteiger partial charge in [-0.2, -0.15) is 0 Å². The van der Waals surface area contributed by atoms with Crippen molar-refractivity contribution in [2.75, 3.05) is 32.8 Å². The van der Waals surface area contributed by atoms with Gasteiger partial charge in [-0.1, -0.05) is 25.4 Å². The molecule has 1 heterocycles. The molecule has 1 aliphatic rings. The van der Waals surface area contributed by atoms with E-state index in [2.05, 4.69) is 24.1 Å². The van der Waals surface area contributed by atoms with E-state index >= 15 is 0 Å². The van der Waals surface area contributed by atoms with Crippen LogP contribution >= 0.6 is 11.6 Å². The molecule has 146 valence electrons. The summed E-state index contributed by atoms with van der Waals surface area (Å²) in [7, 11) is 0. The fraction of sp³-hybridized carbons (Fsp3) is 0.650. The van der Waals surface area contributed by atoms with Crippen LogP contribution < -0.4 is 10.1 Å². The third kappa shape index (κ3) is 6.45. The summed E-state index contributed by atoms with van der Waals surface area (Å²) in [6.45, 7) is 11.9. The van der Waals surface area contributed by atoms with Crippen LogP contribution in [-0.4, -0.2) is 55.3 Å². The third-order valence-corrected chi connectivity index (χ3v) is 4.79. The van der Waals surface area contributed by atoms with Crippen molar-refractivity contribution in [1.82, 2.24) is 10.2 Å². The minimum absolute atomic E-state index is 0.116. The maximum absolute atomic E-state index is 12.7. The molecule has 5 nitrogen and oxygen atoms in total. The van der Waals surface area contributed by atoms with Gasteiger partial charge >= 0.3 is 0 Å². The Labute approximate surface area is 162 Å². The van der Waals surface area contributed by atoms with Crippen molar-refractivity contribution in [3.8, 4) is 5.75 Å². The Hall–Kier alpha value is -1.30. The predicted molar refractivity (Wildman–Crippen MR) is 105 cm³/mol. The molecule has 1 unspecified atom stereocenters. The van der Waals surface area contributed by atoms with Gasteiger partial charge in [0.15, 0.2) is 5.60 Å². The van der Waals surface area contributed by atoms with Gasteiger partial charge in [0.1, 0.15) is 5.75 Å². The Morgan fingerprint density at radius 2 is 1.88 bits per heavy atom. The molecule has 1 aromatic carbocycles. The first-order valence-electron chi connectivity index (χ1n) is 9.32. The van der Waals surface area contributed by atoms with Crippen molar-refractivity contribution < 1.29 is 14.3 Å². The lowest BCUT2D eigenvalue weighted by Crippen LogP contribution is -2.53. The summed E-state index contributed by atoms with van der Waals surface area (Å²) in [4.78, 5) is 15.1. The van der Waals surface area contributed by atoms with E-state index in [0.29, 0.717) is 29.3 Å². The van der Waals surface area contributed by atoms with Crippen molar-refractivity contribution in [3.05, 3.63) is 29.3 Å². The van der Waals surface area contributed by atoms with Gasteiger partial charge in [0, 0.05) is 30.7 Å². The highest BCUT2D eigenvalue weighted by Crippen LogP contribution is 2.21. The van der Waals surface area contributed by atoms with Crippen molar-refractivity contribution in [3.63, 3.8) is 0 Å². The van der Waals surface area contributed by atoms with Crippen LogP contribution in [0.4, 0.5) is 0 Å². The zero-order valence-electron chi connectivity index (χ0n) is 16.3. The lowest BCUT2D eigenvalue weighted by molar-refractivity contribution is -0.134. The molecule has 2 rings (SSSR count). The van der Waals surface area contributed by atoms with E-state index in [4.69, 9.17) is 21.1 Å². The zero-order valence-corrected chi connectivity index (χ0v) is 17.0. The van der Waals surface area contributed by atoms with Crippen molar-refractivity contribution in [1.29, 1.82) is 0 Å². The van der Waals surface area contributed by atoms with Gasteiger partial charge in [-0.05, 0) is 50.5 Å². The number of halogens is 1. The van der Waals surface area contributed by atoms with Crippen LogP contribution in [0.3, 0.4) is 0 Å². The van der Waals surface area contributed by atoms with E-state index < -0.39 is 5.60 Å². The van der Waals surface area contributed by atoms with Gasteiger partial charge in [0.05, 0.1) is 13.2 Å². The highest BCUT2D eigenvalue weighted by atomic mass is 35.5. The Morgan fingerprint density at radius 1 is 1.27 bits per heavy atom. The number of carbonyl (C=O) groups excluding carboxylic acids is 1. The maximum Gasteiger partial charge on any atom is 0.263 e. The number of ether oxygens (including phenoxy) is 2. The number of carbonyl (C=O) groups is 1. The SMILES string of the molecule is CC(C)CC(CNC(=O)C(C)(C)Oc1ccc(Cl)cc1)N1CCOCC1. The molecule has 0 radical (unpaired) electrons. The smallest absolute Gasteiger partial charge is 0.263 e. The summed E-state index contributed by atoms with van der Waals surface area (Å²) in [6, 6.07) is 7.36. The number of nitrogens with zero attached hydrogens (tertiary/aromatic N) is 1. The molecule has 0 aromatic heterocycles. The number of rotatable bonds is 8. The molecule has 1 fully saturated rings. The number of benzene rings is 1. The summed E-state index contributed by atoms with van der Waals surface area (Å²) in [5.74, 6) is 1.08. The normalized spacial score (nSPS) is 17.2. The van der Waals surface area contributed by atoms with Gasteiger partial charge in [0.25, 0.3) is 5.91 Å². The molecule has 1 aromatic rings. The van der Waals surface area contributed by atoms with E-state index in [0.717, 1.165) is 32.7 Å². The first-order chi connectivity index (χ1) is 12.3. The van der Waals surface area contributed by atoms with Gasteiger partial charge in [-0.3, -0.25) is 9.69 Å². The molecule has 0 spiro atoms. The average molecular weight is 383 g/mol. The minimum atomic E-state index is -0.957. The minimum Gasteiger partial charge on any atom is -0.478 e. The fourth-order valence-corrected chi connectivity index (χ4v) is 3.24. The van der Waals surface area contributed by atoms with Gasteiger partial charge < -0.3 is 14.8 Å². The molecule has 0 saturated carbocycles. The average Bonchev–Trinajstić information content (AvgIpc) is 2.60. The van der Waals surface area contributed by atoms with Crippen LogP contribution in [0.25, 0.3) is 0 Å². The van der Waals surface area contributed by atoms with Crippen LogP contribution in [0.5, 0.6) is 5.75 Å². The van der Waals surface area contributed by atoms with Crippen molar-refractivity contribution >= 4 is 17.5 Å². The highest BCUT2D eigenvalue weighted by Gasteiger charge is 2.31. The van der Waals surface area contributed by atoms with Crippen LogP contribution in [0.2, 0.25) is 5.02 Å². The van der Waals surface area contributed by atoms with Crippen molar-refractivity contribution in [2.24, 2.45) is 5.92 Å². The fourth-order valence-electron chi connectivity index (χ4n) is 3.12. The molecule has 26 heavy (non-hydrogen) atoms. The standard InChI is InChI=1S/C20H31ClN2O3/c1-15(2)13-17(23-9-11-25-12-10-23)14-22-19(24)20(3,4)26-18-7-5-16(21)6-8-18/h5-8,15,17H,9-14H2,1-4H3,(H,22,24). The summed E-state index contributed by atoms with van der Waals surface area (Å²) >= 11 is 5.90. The van der Waals surface area contributed by atoms with Crippen molar-refractivity contribution in [2.45, 2.75) is 45.8 Å². The first kappa shape index (κ1) is 21.0. The molecule has 1 N–H and O–H groups in total. The summed E-state index contributed by atoms with van der Waals surface area (Å²) in [6.07, 6.45) is 1.04. The lowest BCUT2D eigenvalue weighted by atomic mass is 10.0. The van der Waals surface area contributed by atoms with E-state index in [9.17, 15) is 4.79 Å². The van der Waals surface area contributed by atoms with Gasteiger partial charge in [-0.15, -0.1) is 0 Å². The Morgan fingerprint density at radius 3 is 2.46 bits per heavy atom. The molecular formula is C20H31ClN2O3. The Kier molecular flexibility index (Phi) is 7.74. The Bertz CT molecular complexity index is 569. The van der Waals surface area contributed by atoms with Crippen LogP contribution in [0, 0.1) is 5.92 Å². The summed E-state index contributed by atoms with van der Waals surface area (Å²) < 4.78 is 11.3. The molecule has 0 bridgehead atoms. The van der Waals surface area contributed by atoms with E-state index in [1.54, 1.807) is 38.1 Å². The summed E-state index contributed by atoms with van der Waals surface area (Å²) in [5, 5.41) is 3.73. The maximum atomic E-state index is 12.7. The second kappa shape index (κ2) is 9.58. The molecule has 1 aliphatic heterocycles. The Balaban J connectivity index is 1.93. The highest BCUT2D eigenvalue weighted by molar-refractivity contribution is 6.30. The quantitative estimate of drug-likeness (QED) is 0.749. The molecule has 1 amide bonds. The number of nitrogens with one attached hydrogen (secondary N) is 1. The zero-order chi connectivity index (χ0) is 19.2. The second-order valence-corrected chi connectivity index (χ2v) is 8.14. The topological polar surface area (TPSA) is 50.8 Å². The van der Waals surface area contributed by atoms with E-state index in [-0.39, 0.29) is 5.91 Å². The largest absolute Gasteiger partial charge is 0.478 e. The van der Waals surface area contributed by atoms with Crippen LogP contribution in [0.15, 0.2) is 24.3 Å². The molecular weight excluding hydrogens is 352 g/mol. The lowest BCUT2D eigenvalue weighted by Gasteiger charge is -2.36. The van der Waals surface area contributed by atoms with E-state index in [1.165, 1.54) is 0 Å². The number of hydrogen-bond acceptors (Lipinski definition) is 4. The second-order valence-electron chi connectivity index (χ2n) is 7.71. The number of hydrogen-bond donors (Lipinski definition) is 1. The third-order valence-electron chi connectivity index (χ3n) is 4.54. The van der Waals surface area contributed by atoms with Gasteiger partial charge in [0.2, 0.25) is 0 Å². The molecule has 1 atom stereocenters. The molecule has 6 heteroatoms. The number of morpholine rings is 1. The monoisotopic (exact) mass is 382 g/mol. The van der Waals surface area contributed by atoms with Crippen LogP contribution in [0.1, 0.15) is 34.1 Å².